The average molecular weight is 297 g/mol. The molecule has 2 heterocycles. The van der Waals surface area contributed by atoms with Gasteiger partial charge in [0.15, 0.2) is 0 Å². The molecular formula is C15H27N3O3. The third-order valence-electron chi connectivity index (χ3n) is 4.84. The standard InChI is InChI=1S/C15H27N3O3/c1-3-12(2)16-7-9-17(10-8-16)15(21)18-6-4-5-13(11-18)14(19)20/h12-13H,3-11H2,1-2H3,(H,19,20)/t12?,13-/m0/s1. The minimum absolute atomic E-state index is 0.0183. The molecule has 2 aliphatic heterocycles. The van der Waals surface area contributed by atoms with Crippen LogP contribution in [0.2, 0.25) is 0 Å². The molecule has 2 rings (SSSR count). The van der Waals surface area contributed by atoms with Gasteiger partial charge in [0.2, 0.25) is 0 Å². The van der Waals surface area contributed by atoms with E-state index >= 15 is 0 Å². The average Bonchev–Trinajstić information content (AvgIpc) is 2.53. The van der Waals surface area contributed by atoms with Crippen molar-refractivity contribution in [2.45, 2.75) is 39.2 Å². The van der Waals surface area contributed by atoms with Crippen molar-refractivity contribution in [1.29, 1.82) is 0 Å². The van der Waals surface area contributed by atoms with Gasteiger partial charge >= 0.3 is 12.0 Å². The van der Waals surface area contributed by atoms with Crippen LogP contribution in [-0.2, 0) is 4.79 Å². The lowest BCUT2D eigenvalue weighted by Crippen LogP contribution is -2.56. The fourth-order valence-corrected chi connectivity index (χ4v) is 3.16. The number of carboxylic acid groups (broad SMARTS) is 1. The summed E-state index contributed by atoms with van der Waals surface area (Å²) in [7, 11) is 0. The quantitative estimate of drug-likeness (QED) is 0.853. The summed E-state index contributed by atoms with van der Waals surface area (Å²) < 4.78 is 0. The third-order valence-corrected chi connectivity index (χ3v) is 4.84. The van der Waals surface area contributed by atoms with Crippen molar-refractivity contribution >= 4 is 12.0 Å². The van der Waals surface area contributed by atoms with Crippen molar-refractivity contribution in [1.82, 2.24) is 14.7 Å². The Kier molecular flexibility index (Phi) is 5.45. The van der Waals surface area contributed by atoms with Gasteiger partial charge in [-0.1, -0.05) is 6.92 Å². The highest BCUT2D eigenvalue weighted by Gasteiger charge is 2.32. The first-order valence-electron chi connectivity index (χ1n) is 8.03. The first-order chi connectivity index (χ1) is 10.0. The Labute approximate surface area is 126 Å². The van der Waals surface area contributed by atoms with E-state index in [2.05, 4.69) is 18.7 Å². The lowest BCUT2D eigenvalue weighted by atomic mass is 9.98. The lowest BCUT2D eigenvalue weighted by Gasteiger charge is -2.41. The largest absolute Gasteiger partial charge is 0.481 e. The molecule has 0 spiro atoms. The van der Waals surface area contributed by atoms with Gasteiger partial charge in [-0.05, 0) is 26.2 Å². The number of carboxylic acids is 1. The maximum Gasteiger partial charge on any atom is 0.320 e. The summed E-state index contributed by atoms with van der Waals surface area (Å²) in [6, 6.07) is 0.582. The van der Waals surface area contributed by atoms with Gasteiger partial charge in [-0.15, -0.1) is 0 Å². The summed E-state index contributed by atoms with van der Waals surface area (Å²) in [6.45, 7) is 8.78. The van der Waals surface area contributed by atoms with E-state index in [9.17, 15) is 9.59 Å². The van der Waals surface area contributed by atoms with E-state index < -0.39 is 11.9 Å². The number of nitrogens with zero attached hydrogens (tertiary/aromatic N) is 3. The molecule has 2 saturated heterocycles. The van der Waals surface area contributed by atoms with Crippen molar-refractivity contribution in [3.63, 3.8) is 0 Å². The Balaban J connectivity index is 1.85. The van der Waals surface area contributed by atoms with Crippen LogP contribution in [0.25, 0.3) is 0 Å². The number of hydrogen-bond acceptors (Lipinski definition) is 3. The number of carbonyl (C=O) groups excluding carboxylic acids is 1. The smallest absolute Gasteiger partial charge is 0.320 e. The molecule has 2 amide bonds. The van der Waals surface area contributed by atoms with Crippen LogP contribution in [0.5, 0.6) is 0 Å². The van der Waals surface area contributed by atoms with Crippen LogP contribution in [0, 0.1) is 5.92 Å². The number of aliphatic carboxylic acids is 1. The van der Waals surface area contributed by atoms with E-state index in [4.69, 9.17) is 5.11 Å². The molecule has 2 aliphatic rings. The molecular weight excluding hydrogens is 270 g/mol. The first kappa shape index (κ1) is 16.1. The van der Waals surface area contributed by atoms with Crippen LogP contribution in [0.15, 0.2) is 0 Å². The zero-order valence-electron chi connectivity index (χ0n) is 13.1. The molecule has 0 saturated carbocycles. The molecule has 1 unspecified atom stereocenters. The van der Waals surface area contributed by atoms with E-state index in [1.165, 1.54) is 0 Å². The van der Waals surface area contributed by atoms with Crippen LogP contribution in [0.3, 0.4) is 0 Å². The van der Waals surface area contributed by atoms with E-state index in [-0.39, 0.29) is 6.03 Å². The zero-order valence-corrected chi connectivity index (χ0v) is 13.1. The highest BCUT2D eigenvalue weighted by Crippen LogP contribution is 2.19. The SMILES string of the molecule is CCC(C)N1CCN(C(=O)N2CCC[C@H](C(=O)O)C2)CC1. The van der Waals surface area contributed by atoms with E-state index in [0.29, 0.717) is 25.6 Å². The van der Waals surface area contributed by atoms with Gasteiger partial charge in [0.05, 0.1) is 5.92 Å². The van der Waals surface area contributed by atoms with E-state index in [0.717, 1.165) is 39.0 Å². The second kappa shape index (κ2) is 7.11. The van der Waals surface area contributed by atoms with Gasteiger partial charge in [0, 0.05) is 45.3 Å². The summed E-state index contributed by atoms with van der Waals surface area (Å²) >= 11 is 0. The Hall–Kier alpha value is -1.30. The zero-order chi connectivity index (χ0) is 15.4. The molecule has 2 fully saturated rings. The Bertz CT molecular complexity index is 380. The summed E-state index contributed by atoms with van der Waals surface area (Å²) in [5.74, 6) is -1.18. The molecule has 2 atom stereocenters. The summed E-state index contributed by atoms with van der Waals surface area (Å²) in [5, 5.41) is 9.11. The number of urea groups is 1. The topological polar surface area (TPSA) is 64.1 Å². The van der Waals surface area contributed by atoms with Gasteiger partial charge in [0.1, 0.15) is 0 Å². The molecule has 0 radical (unpaired) electrons. The monoisotopic (exact) mass is 297 g/mol. The number of piperidine rings is 1. The predicted octanol–water partition coefficient (Wildman–Crippen LogP) is 1.32. The van der Waals surface area contributed by atoms with Crippen molar-refractivity contribution < 1.29 is 14.7 Å². The van der Waals surface area contributed by atoms with Gasteiger partial charge < -0.3 is 14.9 Å². The number of carbonyl (C=O) groups is 2. The minimum Gasteiger partial charge on any atom is -0.481 e. The fourth-order valence-electron chi connectivity index (χ4n) is 3.16. The molecule has 21 heavy (non-hydrogen) atoms. The van der Waals surface area contributed by atoms with Crippen LogP contribution < -0.4 is 0 Å². The highest BCUT2D eigenvalue weighted by atomic mass is 16.4. The van der Waals surface area contributed by atoms with Crippen LogP contribution in [0.1, 0.15) is 33.1 Å². The maximum absolute atomic E-state index is 12.5. The number of rotatable bonds is 3. The van der Waals surface area contributed by atoms with Crippen LogP contribution in [0.4, 0.5) is 4.79 Å². The highest BCUT2D eigenvalue weighted by molar-refractivity contribution is 5.76. The normalized spacial score (nSPS) is 25.7. The molecule has 0 aromatic heterocycles. The third kappa shape index (κ3) is 3.87. The predicted molar refractivity (Wildman–Crippen MR) is 80.2 cm³/mol. The van der Waals surface area contributed by atoms with Gasteiger partial charge in [-0.3, -0.25) is 9.69 Å². The van der Waals surface area contributed by atoms with Crippen molar-refractivity contribution in [3.8, 4) is 0 Å². The molecule has 0 bridgehead atoms. The molecule has 1 N–H and O–H groups in total. The van der Waals surface area contributed by atoms with Crippen LogP contribution >= 0.6 is 0 Å². The number of hydrogen-bond donors (Lipinski definition) is 1. The minimum atomic E-state index is -0.783. The number of likely N-dealkylation sites (tertiary alicyclic amines) is 1. The van der Waals surface area contributed by atoms with Crippen LogP contribution in [-0.4, -0.2) is 77.1 Å². The van der Waals surface area contributed by atoms with Crippen molar-refractivity contribution in [2.75, 3.05) is 39.3 Å². The number of piperazine rings is 1. The first-order valence-corrected chi connectivity index (χ1v) is 8.03. The molecule has 6 heteroatoms. The summed E-state index contributed by atoms with van der Waals surface area (Å²) in [5.41, 5.74) is 0. The van der Waals surface area contributed by atoms with E-state index in [1.807, 2.05) is 4.90 Å². The lowest BCUT2D eigenvalue weighted by molar-refractivity contribution is -0.143. The molecule has 0 aromatic carbocycles. The Morgan fingerprint density at radius 1 is 1.14 bits per heavy atom. The molecule has 120 valence electrons. The summed E-state index contributed by atoms with van der Waals surface area (Å²) in [4.78, 5) is 29.6. The molecule has 6 nitrogen and oxygen atoms in total. The second-order valence-electron chi connectivity index (χ2n) is 6.19. The van der Waals surface area contributed by atoms with E-state index in [1.54, 1.807) is 4.90 Å². The maximum atomic E-state index is 12.5. The van der Waals surface area contributed by atoms with Crippen molar-refractivity contribution in [3.05, 3.63) is 0 Å². The Morgan fingerprint density at radius 2 is 1.81 bits per heavy atom. The molecule has 0 aromatic rings. The van der Waals surface area contributed by atoms with Gasteiger partial charge in [0.25, 0.3) is 0 Å². The number of amides is 2. The fraction of sp³-hybridized carbons (Fsp3) is 0.867. The second-order valence-corrected chi connectivity index (χ2v) is 6.19. The van der Waals surface area contributed by atoms with Crippen molar-refractivity contribution in [2.24, 2.45) is 5.92 Å². The summed E-state index contributed by atoms with van der Waals surface area (Å²) in [6.07, 6.45) is 2.59. The van der Waals surface area contributed by atoms with Gasteiger partial charge in [-0.25, -0.2) is 4.79 Å². The Morgan fingerprint density at radius 3 is 2.38 bits per heavy atom. The van der Waals surface area contributed by atoms with Gasteiger partial charge in [-0.2, -0.15) is 0 Å². The molecule has 0 aliphatic carbocycles.